The first kappa shape index (κ1) is 9.93. The van der Waals surface area contributed by atoms with Crippen molar-refractivity contribution in [3.05, 3.63) is 0 Å². The zero-order chi connectivity index (χ0) is 10.1. The van der Waals surface area contributed by atoms with Crippen LogP contribution in [0, 0.1) is 0 Å². The van der Waals surface area contributed by atoms with Crippen LogP contribution in [0.4, 0.5) is 0 Å². The third-order valence-corrected chi connectivity index (χ3v) is 3.20. The highest BCUT2D eigenvalue weighted by Crippen LogP contribution is 2.28. The minimum atomic E-state index is -0.711. The van der Waals surface area contributed by atoms with Crippen molar-refractivity contribution in [1.82, 2.24) is 9.80 Å². The minimum absolute atomic E-state index is 0.194. The molecule has 2 fully saturated rings. The topological polar surface area (TPSA) is 43.8 Å². The largest absolute Gasteiger partial charge is 0.480 e. The zero-order valence-electron chi connectivity index (χ0n) is 8.65. The van der Waals surface area contributed by atoms with Crippen LogP contribution in [0.15, 0.2) is 0 Å². The van der Waals surface area contributed by atoms with Crippen LogP contribution in [0.5, 0.6) is 0 Å². The summed E-state index contributed by atoms with van der Waals surface area (Å²) < 4.78 is 0. The van der Waals surface area contributed by atoms with Crippen LogP contribution >= 0.6 is 0 Å². The summed E-state index contributed by atoms with van der Waals surface area (Å²) in [6, 6.07) is 1.20. The molecule has 0 radical (unpaired) electrons. The van der Waals surface area contributed by atoms with Crippen LogP contribution in [0.2, 0.25) is 0 Å². The van der Waals surface area contributed by atoms with Crippen molar-refractivity contribution in [2.75, 3.05) is 26.2 Å². The molecule has 2 rings (SSSR count). The van der Waals surface area contributed by atoms with E-state index in [1.165, 1.54) is 12.8 Å². The van der Waals surface area contributed by atoms with Gasteiger partial charge in [-0.05, 0) is 19.8 Å². The van der Waals surface area contributed by atoms with Gasteiger partial charge in [0.25, 0.3) is 0 Å². The Hall–Kier alpha value is -0.610. The van der Waals surface area contributed by atoms with Gasteiger partial charge < -0.3 is 5.11 Å². The second kappa shape index (κ2) is 3.87. The summed E-state index contributed by atoms with van der Waals surface area (Å²) >= 11 is 0. The van der Waals surface area contributed by atoms with Gasteiger partial charge in [-0.1, -0.05) is 0 Å². The summed E-state index contributed by atoms with van der Waals surface area (Å²) in [5, 5.41) is 8.72. The SMILES string of the molecule is CC1CN(C2CC2)CCN1CC(=O)O. The number of aliphatic carboxylic acids is 1. The van der Waals surface area contributed by atoms with Gasteiger partial charge in [0.15, 0.2) is 0 Å². The fraction of sp³-hybridized carbons (Fsp3) is 0.900. The first-order chi connectivity index (χ1) is 6.66. The summed E-state index contributed by atoms with van der Waals surface area (Å²) in [4.78, 5) is 15.1. The van der Waals surface area contributed by atoms with Gasteiger partial charge >= 0.3 is 5.97 Å². The van der Waals surface area contributed by atoms with E-state index in [0.717, 1.165) is 25.7 Å². The molecule has 0 amide bonds. The Morgan fingerprint density at radius 3 is 2.64 bits per heavy atom. The summed E-state index contributed by atoms with van der Waals surface area (Å²) in [5.74, 6) is -0.711. The summed E-state index contributed by atoms with van der Waals surface area (Å²) in [5.41, 5.74) is 0. The predicted molar refractivity (Wildman–Crippen MR) is 53.3 cm³/mol. The van der Waals surface area contributed by atoms with Crippen LogP contribution in [-0.2, 0) is 4.79 Å². The van der Waals surface area contributed by atoms with Gasteiger partial charge in [0.1, 0.15) is 0 Å². The molecular formula is C10H18N2O2. The van der Waals surface area contributed by atoms with E-state index in [4.69, 9.17) is 5.11 Å². The van der Waals surface area contributed by atoms with Crippen molar-refractivity contribution in [3.63, 3.8) is 0 Å². The highest BCUT2D eigenvalue weighted by atomic mass is 16.4. The zero-order valence-corrected chi connectivity index (χ0v) is 8.65. The number of rotatable bonds is 3. The fourth-order valence-electron chi connectivity index (χ4n) is 2.20. The number of hydrogen-bond acceptors (Lipinski definition) is 3. The molecule has 4 heteroatoms. The van der Waals surface area contributed by atoms with E-state index in [9.17, 15) is 4.79 Å². The highest BCUT2D eigenvalue weighted by Gasteiger charge is 2.34. The summed E-state index contributed by atoms with van der Waals surface area (Å²) in [7, 11) is 0. The van der Waals surface area contributed by atoms with Gasteiger partial charge in [-0.2, -0.15) is 0 Å². The van der Waals surface area contributed by atoms with E-state index < -0.39 is 5.97 Å². The number of hydrogen-bond donors (Lipinski definition) is 1. The van der Waals surface area contributed by atoms with Crippen LogP contribution < -0.4 is 0 Å². The molecule has 0 bridgehead atoms. The molecule has 1 N–H and O–H groups in total. The lowest BCUT2D eigenvalue weighted by atomic mass is 10.2. The van der Waals surface area contributed by atoms with Crippen molar-refractivity contribution < 1.29 is 9.90 Å². The lowest BCUT2D eigenvalue weighted by Gasteiger charge is -2.39. The normalized spacial score (nSPS) is 30.5. The van der Waals surface area contributed by atoms with E-state index in [-0.39, 0.29) is 6.54 Å². The molecule has 0 aromatic heterocycles. The third kappa shape index (κ3) is 2.25. The molecule has 1 aliphatic heterocycles. The van der Waals surface area contributed by atoms with Gasteiger partial charge in [0.2, 0.25) is 0 Å². The number of carboxylic acids is 1. The molecule has 0 aromatic rings. The van der Waals surface area contributed by atoms with E-state index in [1.807, 2.05) is 0 Å². The van der Waals surface area contributed by atoms with Crippen molar-refractivity contribution in [2.24, 2.45) is 0 Å². The lowest BCUT2D eigenvalue weighted by Crippen LogP contribution is -2.53. The van der Waals surface area contributed by atoms with Crippen molar-refractivity contribution >= 4 is 5.97 Å². The van der Waals surface area contributed by atoms with Crippen LogP contribution in [0.3, 0.4) is 0 Å². The molecule has 0 spiro atoms. The van der Waals surface area contributed by atoms with Crippen molar-refractivity contribution in [2.45, 2.75) is 31.8 Å². The predicted octanol–water partition coefficient (Wildman–Crippen LogP) is 0.239. The molecule has 80 valence electrons. The van der Waals surface area contributed by atoms with Gasteiger partial charge in [-0.15, -0.1) is 0 Å². The minimum Gasteiger partial charge on any atom is -0.480 e. The lowest BCUT2D eigenvalue weighted by molar-refractivity contribution is -0.139. The molecule has 2 aliphatic rings. The van der Waals surface area contributed by atoms with Crippen molar-refractivity contribution in [1.29, 1.82) is 0 Å². The maximum Gasteiger partial charge on any atom is 0.317 e. The molecule has 4 nitrogen and oxygen atoms in total. The number of nitrogens with zero attached hydrogens (tertiary/aromatic N) is 2. The van der Waals surface area contributed by atoms with Crippen LogP contribution in [-0.4, -0.2) is 59.1 Å². The smallest absolute Gasteiger partial charge is 0.317 e. The average molecular weight is 198 g/mol. The van der Waals surface area contributed by atoms with E-state index in [0.29, 0.717) is 6.04 Å². The Labute approximate surface area is 84.5 Å². The first-order valence-corrected chi connectivity index (χ1v) is 5.36. The standard InChI is InChI=1S/C10H18N2O2/c1-8-6-12(9-2-3-9)5-4-11(8)7-10(13)14/h8-9H,2-7H2,1H3,(H,13,14). The third-order valence-electron chi connectivity index (χ3n) is 3.20. The number of carboxylic acid groups (broad SMARTS) is 1. The monoisotopic (exact) mass is 198 g/mol. The first-order valence-electron chi connectivity index (χ1n) is 5.36. The van der Waals surface area contributed by atoms with Gasteiger partial charge in [0, 0.05) is 31.7 Å². The molecule has 1 atom stereocenters. The molecule has 1 saturated heterocycles. The molecule has 1 saturated carbocycles. The second-order valence-corrected chi connectivity index (χ2v) is 4.44. The molecule has 0 aromatic carbocycles. The van der Waals surface area contributed by atoms with Crippen LogP contribution in [0.1, 0.15) is 19.8 Å². The Morgan fingerprint density at radius 2 is 2.14 bits per heavy atom. The molecule has 14 heavy (non-hydrogen) atoms. The quantitative estimate of drug-likeness (QED) is 0.705. The summed E-state index contributed by atoms with van der Waals surface area (Å²) in [6.07, 6.45) is 2.68. The van der Waals surface area contributed by atoms with Gasteiger partial charge in [-0.25, -0.2) is 0 Å². The number of piperazine rings is 1. The maximum atomic E-state index is 10.6. The van der Waals surface area contributed by atoms with E-state index in [1.54, 1.807) is 0 Å². The molecule has 1 aliphatic carbocycles. The van der Waals surface area contributed by atoms with Crippen molar-refractivity contribution in [3.8, 4) is 0 Å². The van der Waals surface area contributed by atoms with E-state index in [2.05, 4.69) is 16.7 Å². The average Bonchev–Trinajstić information content (AvgIpc) is 2.90. The van der Waals surface area contributed by atoms with E-state index >= 15 is 0 Å². The molecular weight excluding hydrogens is 180 g/mol. The Morgan fingerprint density at radius 1 is 1.43 bits per heavy atom. The van der Waals surface area contributed by atoms with Gasteiger partial charge in [-0.3, -0.25) is 14.6 Å². The second-order valence-electron chi connectivity index (χ2n) is 4.44. The Balaban J connectivity index is 1.83. The summed E-state index contributed by atoms with van der Waals surface area (Å²) in [6.45, 7) is 5.31. The molecule has 1 unspecified atom stereocenters. The van der Waals surface area contributed by atoms with Gasteiger partial charge in [0.05, 0.1) is 6.54 Å². The fourth-order valence-corrected chi connectivity index (χ4v) is 2.20. The number of carbonyl (C=O) groups is 1. The Kier molecular flexibility index (Phi) is 2.74. The van der Waals surface area contributed by atoms with Crippen LogP contribution in [0.25, 0.3) is 0 Å². The highest BCUT2D eigenvalue weighted by molar-refractivity contribution is 5.69. The Bertz CT molecular complexity index is 228. The molecule has 1 heterocycles. The maximum absolute atomic E-state index is 10.6.